The highest BCUT2D eigenvalue weighted by molar-refractivity contribution is 7.91. The molecule has 26 heavy (non-hydrogen) atoms. The van der Waals surface area contributed by atoms with Gasteiger partial charge in [0.1, 0.15) is 5.71 Å². The number of nitrogens with zero attached hydrogens (tertiary/aromatic N) is 3. The molecule has 1 aromatic carbocycles. The molecular weight excluding hydrogens is 378 g/mol. The number of hydrogen-bond donors (Lipinski definition) is 0. The number of carbonyl (C=O) groups is 2. The summed E-state index contributed by atoms with van der Waals surface area (Å²) in [6, 6.07) is 6.72. The third-order valence-electron chi connectivity index (χ3n) is 4.54. The van der Waals surface area contributed by atoms with Crippen LogP contribution in [0.25, 0.3) is 0 Å². The van der Waals surface area contributed by atoms with Crippen LogP contribution in [0.4, 0.5) is 0 Å². The second-order valence-corrected chi connectivity index (χ2v) is 9.29. The summed E-state index contributed by atoms with van der Waals surface area (Å²) in [6.45, 7) is 0.390. The van der Waals surface area contributed by atoms with Crippen LogP contribution in [0.15, 0.2) is 29.4 Å². The van der Waals surface area contributed by atoms with E-state index in [0.717, 1.165) is 5.56 Å². The van der Waals surface area contributed by atoms with Gasteiger partial charge in [-0.2, -0.15) is 5.10 Å². The molecule has 0 bridgehead atoms. The van der Waals surface area contributed by atoms with Gasteiger partial charge in [0.25, 0.3) is 5.91 Å². The first kappa shape index (κ1) is 18.8. The molecule has 9 heteroatoms. The smallest absolute Gasteiger partial charge is 0.270 e. The predicted molar refractivity (Wildman–Crippen MR) is 98.5 cm³/mol. The van der Waals surface area contributed by atoms with Crippen LogP contribution in [0.2, 0.25) is 5.02 Å². The Balaban J connectivity index is 1.72. The summed E-state index contributed by atoms with van der Waals surface area (Å²) >= 11 is 5.86. The topological polar surface area (TPSA) is 87.1 Å². The van der Waals surface area contributed by atoms with Crippen molar-refractivity contribution in [3.8, 4) is 0 Å². The van der Waals surface area contributed by atoms with E-state index < -0.39 is 15.9 Å². The third kappa shape index (κ3) is 4.24. The Kier molecular flexibility index (Phi) is 5.34. The standard InChI is InChI=1S/C17H20ClN3O4S/c1-20(10-12-2-4-13(18)5-3-12)17(23)15-6-7-16(22)21(19-15)14-8-9-26(24,25)11-14/h2-5,14H,6-11H2,1H3. The summed E-state index contributed by atoms with van der Waals surface area (Å²) in [7, 11) is -1.47. The Morgan fingerprint density at radius 1 is 1.31 bits per heavy atom. The van der Waals surface area contributed by atoms with E-state index in [-0.39, 0.29) is 41.9 Å². The summed E-state index contributed by atoms with van der Waals surface area (Å²) in [4.78, 5) is 26.3. The molecular formula is C17H20ClN3O4S. The number of benzene rings is 1. The van der Waals surface area contributed by atoms with Gasteiger partial charge in [0.15, 0.2) is 9.84 Å². The Morgan fingerprint density at radius 3 is 2.62 bits per heavy atom. The van der Waals surface area contributed by atoms with Crippen molar-refractivity contribution in [3.05, 3.63) is 34.9 Å². The largest absolute Gasteiger partial charge is 0.336 e. The van der Waals surface area contributed by atoms with Crippen LogP contribution in [-0.4, -0.2) is 60.4 Å². The molecule has 2 heterocycles. The zero-order chi connectivity index (χ0) is 18.9. The highest BCUT2D eigenvalue weighted by atomic mass is 35.5. The maximum absolute atomic E-state index is 12.7. The summed E-state index contributed by atoms with van der Waals surface area (Å²) in [5.74, 6) is -0.538. The zero-order valence-corrected chi connectivity index (χ0v) is 16.0. The van der Waals surface area contributed by atoms with E-state index in [1.54, 1.807) is 19.2 Å². The van der Waals surface area contributed by atoms with Crippen LogP contribution in [0.1, 0.15) is 24.8 Å². The highest BCUT2D eigenvalue weighted by Crippen LogP contribution is 2.22. The summed E-state index contributed by atoms with van der Waals surface area (Å²) < 4.78 is 23.3. The van der Waals surface area contributed by atoms with Gasteiger partial charge in [0.2, 0.25) is 5.91 Å². The molecule has 0 spiro atoms. The highest BCUT2D eigenvalue weighted by Gasteiger charge is 2.37. The van der Waals surface area contributed by atoms with Gasteiger partial charge in [0, 0.05) is 31.5 Å². The van der Waals surface area contributed by atoms with Crippen LogP contribution in [-0.2, 0) is 26.0 Å². The Labute approximate surface area is 157 Å². The molecule has 3 rings (SSSR count). The lowest BCUT2D eigenvalue weighted by molar-refractivity contribution is -0.134. The van der Waals surface area contributed by atoms with Crippen molar-refractivity contribution in [1.29, 1.82) is 0 Å². The maximum Gasteiger partial charge on any atom is 0.270 e. The summed E-state index contributed by atoms with van der Waals surface area (Å²) in [6.07, 6.45) is 0.786. The summed E-state index contributed by atoms with van der Waals surface area (Å²) in [5, 5.41) is 6.04. The third-order valence-corrected chi connectivity index (χ3v) is 6.54. The molecule has 2 aliphatic rings. The van der Waals surface area contributed by atoms with Gasteiger partial charge < -0.3 is 4.90 Å². The van der Waals surface area contributed by atoms with Gasteiger partial charge in [-0.3, -0.25) is 9.59 Å². The minimum Gasteiger partial charge on any atom is -0.336 e. The number of hydrogen-bond acceptors (Lipinski definition) is 5. The monoisotopic (exact) mass is 397 g/mol. The molecule has 1 saturated heterocycles. The first-order valence-electron chi connectivity index (χ1n) is 8.35. The minimum absolute atomic E-state index is 0.0523. The molecule has 0 N–H and O–H groups in total. The van der Waals surface area contributed by atoms with E-state index in [2.05, 4.69) is 5.10 Å². The van der Waals surface area contributed by atoms with E-state index in [0.29, 0.717) is 18.0 Å². The number of halogens is 1. The lowest BCUT2D eigenvalue weighted by Gasteiger charge is -2.29. The van der Waals surface area contributed by atoms with E-state index in [4.69, 9.17) is 11.6 Å². The molecule has 140 valence electrons. The van der Waals surface area contributed by atoms with Crippen LogP contribution in [0.5, 0.6) is 0 Å². The van der Waals surface area contributed by atoms with E-state index in [1.807, 2.05) is 12.1 Å². The molecule has 0 saturated carbocycles. The fourth-order valence-electron chi connectivity index (χ4n) is 3.13. The first-order chi connectivity index (χ1) is 12.2. The van der Waals surface area contributed by atoms with E-state index in [9.17, 15) is 18.0 Å². The van der Waals surface area contributed by atoms with Crippen molar-refractivity contribution in [2.24, 2.45) is 5.10 Å². The maximum atomic E-state index is 12.7. The summed E-state index contributed by atoms with van der Waals surface area (Å²) in [5.41, 5.74) is 1.21. The van der Waals surface area contributed by atoms with Gasteiger partial charge in [-0.25, -0.2) is 13.4 Å². The SMILES string of the molecule is CN(Cc1ccc(Cl)cc1)C(=O)C1=NN(C2CCS(=O)(=O)C2)C(=O)CC1. The molecule has 1 unspecified atom stereocenters. The van der Waals surface area contributed by atoms with Crippen LogP contribution in [0.3, 0.4) is 0 Å². The van der Waals surface area contributed by atoms with Crippen molar-refractivity contribution in [1.82, 2.24) is 9.91 Å². The molecule has 2 amide bonds. The van der Waals surface area contributed by atoms with Gasteiger partial charge in [-0.1, -0.05) is 23.7 Å². The van der Waals surface area contributed by atoms with Crippen LogP contribution in [0, 0.1) is 0 Å². The van der Waals surface area contributed by atoms with Crippen molar-refractivity contribution < 1.29 is 18.0 Å². The molecule has 2 aliphatic heterocycles. The van der Waals surface area contributed by atoms with E-state index >= 15 is 0 Å². The Morgan fingerprint density at radius 2 is 2.00 bits per heavy atom. The van der Waals surface area contributed by atoms with Crippen LogP contribution >= 0.6 is 11.6 Å². The second-order valence-electron chi connectivity index (χ2n) is 6.63. The fourth-order valence-corrected chi connectivity index (χ4v) is 4.95. The molecule has 1 aromatic rings. The van der Waals surface area contributed by atoms with Crippen molar-refractivity contribution in [2.75, 3.05) is 18.6 Å². The molecule has 1 fully saturated rings. The molecule has 7 nitrogen and oxygen atoms in total. The molecule has 0 aromatic heterocycles. The number of sulfone groups is 1. The lowest BCUT2D eigenvalue weighted by atomic mass is 10.1. The number of hydrazone groups is 1. The number of carbonyl (C=O) groups excluding carboxylic acids is 2. The van der Waals surface area contributed by atoms with Gasteiger partial charge in [-0.15, -0.1) is 0 Å². The van der Waals surface area contributed by atoms with Gasteiger partial charge in [-0.05, 0) is 24.1 Å². The normalized spacial score (nSPS) is 22.2. The molecule has 0 aliphatic carbocycles. The predicted octanol–water partition coefficient (Wildman–Crippen LogP) is 1.46. The average Bonchev–Trinajstić information content (AvgIpc) is 2.96. The number of amides is 2. The van der Waals surface area contributed by atoms with Crippen LogP contribution < -0.4 is 0 Å². The lowest BCUT2D eigenvalue weighted by Crippen LogP contribution is -2.44. The zero-order valence-electron chi connectivity index (χ0n) is 14.4. The average molecular weight is 398 g/mol. The van der Waals surface area contributed by atoms with E-state index in [1.165, 1.54) is 9.91 Å². The molecule has 0 radical (unpaired) electrons. The van der Waals surface area contributed by atoms with Crippen molar-refractivity contribution in [3.63, 3.8) is 0 Å². The first-order valence-corrected chi connectivity index (χ1v) is 10.5. The second kappa shape index (κ2) is 7.36. The van der Waals surface area contributed by atoms with Gasteiger partial charge in [0.05, 0.1) is 17.5 Å². The quantitative estimate of drug-likeness (QED) is 0.769. The Hall–Kier alpha value is -1.93. The van der Waals surface area contributed by atoms with Crippen molar-refractivity contribution in [2.45, 2.75) is 31.8 Å². The fraction of sp³-hybridized carbons (Fsp3) is 0.471. The number of rotatable bonds is 4. The van der Waals surface area contributed by atoms with Crippen molar-refractivity contribution >= 4 is 39.0 Å². The Bertz CT molecular complexity index is 851. The van der Waals surface area contributed by atoms with Gasteiger partial charge >= 0.3 is 0 Å². The molecule has 1 atom stereocenters. The minimum atomic E-state index is -3.14.